The lowest BCUT2D eigenvalue weighted by Crippen LogP contribution is -2.56. The molecule has 19 heavy (non-hydrogen) atoms. The highest BCUT2D eigenvalue weighted by Crippen LogP contribution is 2.09. The van der Waals surface area contributed by atoms with Gasteiger partial charge in [-0.15, -0.1) is 0 Å². The van der Waals surface area contributed by atoms with Crippen LogP contribution in [0.2, 0.25) is 0 Å². The van der Waals surface area contributed by atoms with Crippen molar-refractivity contribution in [1.29, 1.82) is 0 Å². The van der Waals surface area contributed by atoms with E-state index < -0.39 is 11.8 Å². The monoisotopic (exact) mass is 265 g/mol. The van der Waals surface area contributed by atoms with Crippen LogP contribution in [0.15, 0.2) is 12.4 Å². The van der Waals surface area contributed by atoms with Crippen LogP contribution in [0.5, 0.6) is 0 Å². The molecule has 0 aromatic carbocycles. The Morgan fingerprint density at radius 1 is 1.26 bits per heavy atom. The molecule has 2 N–H and O–H groups in total. The molecule has 1 aromatic heterocycles. The van der Waals surface area contributed by atoms with E-state index in [0.29, 0.717) is 31.9 Å². The molecule has 1 aliphatic rings. The first kappa shape index (κ1) is 13.4. The van der Waals surface area contributed by atoms with Gasteiger partial charge in [-0.25, -0.2) is 0 Å². The van der Waals surface area contributed by atoms with Crippen LogP contribution >= 0.6 is 0 Å². The lowest BCUT2D eigenvalue weighted by atomic mass is 10.2. The highest BCUT2D eigenvalue weighted by atomic mass is 16.2. The molecule has 2 rings (SSSR count). The first-order valence-electron chi connectivity index (χ1n) is 6.37. The van der Waals surface area contributed by atoms with Crippen LogP contribution in [0.4, 0.5) is 5.69 Å². The first-order valence-corrected chi connectivity index (χ1v) is 6.37. The van der Waals surface area contributed by atoms with E-state index in [0.717, 1.165) is 0 Å². The lowest BCUT2D eigenvalue weighted by Gasteiger charge is -2.35. The maximum Gasteiger partial charge on any atom is 0.312 e. The van der Waals surface area contributed by atoms with E-state index in [1.807, 2.05) is 13.8 Å². The van der Waals surface area contributed by atoms with Gasteiger partial charge < -0.3 is 15.5 Å². The third-order valence-electron chi connectivity index (χ3n) is 3.22. The van der Waals surface area contributed by atoms with Gasteiger partial charge in [-0.1, -0.05) is 0 Å². The van der Waals surface area contributed by atoms with Crippen LogP contribution in [-0.4, -0.2) is 57.1 Å². The van der Waals surface area contributed by atoms with Gasteiger partial charge in [0.15, 0.2) is 0 Å². The minimum Gasteiger partial charge on any atom is -0.396 e. The summed E-state index contributed by atoms with van der Waals surface area (Å²) in [5.41, 5.74) is 6.15. The number of rotatable bonds is 4. The first-order chi connectivity index (χ1) is 8.99. The molecule has 1 aromatic rings. The van der Waals surface area contributed by atoms with Gasteiger partial charge in [0.2, 0.25) is 0 Å². The summed E-state index contributed by atoms with van der Waals surface area (Å²) in [6.45, 7) is 5.99. The van der Waals surface area contributed by atoms with Gasteiger partial charge in [-0.2, -0.15) is 5.10 Å². The smallest absolute Gasteiger partial charge is 0.312 e. The number of carbonyl (C=O) groups excluding carboxylic acids is 2. The number of nitrogen functional groups attached to an aromatic ring is 1. The normalized spacial score (nSPS) is 16.6. The van der Waals surface area contributed by atoms with Crippen LogP contribution in [0, 0.1) is 0 Å². The van der Waals surface area contributed by atoms with Crippen molar-refractivity contribution in [2.24, 2.45) is 0 Å². The number of aromatic nitrogens is 2. The van der Waals surface area contributed by atoms with Crippen molar-refractivity contribution in [2.75, 3.05) is 25.4 Å². The summed E-state index contributed by atoms with van der Waals surface area (Å²) in [5, 5.41) is 4.05. The molecule has 2 amide bonds. The molecule has 0 aliphatic carbocycles. The van der Waals surface area contributed by atoms with Crippen LogP contribution in [0.3, 0.4) is 0 Å². The number of nitrogens with two attached hydrogens (primary N) is 1. The van der Waals surface area contributed by atoms with E-state index >= 15 is 0 Å². The third-order valence-corrected chi connectivity index (χ3v) is 3.22. The Bertz CT molecular complexity index is 482. The highest BCUT2D eigenvalue weighted by Gasteiger charge is 2.33. The molecule has 7 heteroatoms. The van der Waals surface area contributed by atoms with E-state index in [1.54, 1.807) is 26.9 Å². The van der Waals surface area contributed by atoms with E-state index in [1.165, 1.54) is 0 Å². The Hall–Kier alpha value is -2.05. The molecular weight excluding hydrogens is 246 g/mol. The molecule has 1 saturated heterocycles. The van der Waals surface area contributed by atoms with Crippen molar-refractivity contribution in [2.45, 2.75) is 26.4 Å². The summed E-state index contributed by atoms with van der Waals surface area (Å²) in [6.07, 6.45) is 3.26. The lowest BCUT2D eigenvalue weighted by molar-refractivity contribution is -0.157. The second kappa shape index (κ2) is 5.29. The molecule has 0 radical (unpaired) electrons. The summed E-state index contributed by atoms with van der Waals surface area (Å²) >= 11 is 0. The Kier molecular flexibility index (Phi) is 3.73. The Balaban J connectivity index is 1.92. The molecular formula is C12H19N5O2. The van der Waals surface area contributed by atoms with Crippen molar-refractivity contribution < 1.29 is 9.59 Å². The van der Waals surface area contributed by atoms with Crippen LogP contribution in [0.1, 0.15) is 13.8 Å². The fourth-order valence-corrected chi connectivity index (χ4v) is 2.12. The van der Waals surface area contributed by atoms with Crippen molar-refractivity contribution in [3.05, 3.63) is 12.4 Å². The van der Waals surface area contributed by atoms with Gasteiger partial charge in [0.1, 0.15) is 0 Å². The zero-order valence-corrected chi connectivity index (χ0v) is 11.2. The van der Waals surface area contributed by atoms with Crippen molar-refractivity contribution in [3.8, 4) is 0 Å². The molecule has 104 valence electrons. The van der Waals surface area contributed by atoms with Crippen LogP contribution < -0.4 is 5.73 Å². The van der Waals surface area contributed by atoms with Gasteiger partial charge in [0.05, 0.1) is 18.4 Å². The third kappa shape index (κ3) is 2.86. The number of amides is 2. The van der Waals surface area contributed by atoms with E-state index in [2.05, 4.69) is 5.10 Å². The van der Waals surface area contributed by atoms with Gasteiger partial charge in [-0.05, 0) is 13.8 Å². The molecule has 7 nitrogen and oxygen atoms in total. The summed E-state index contributed by atoms with van der Waals surface area (Å²) in [6, 6.07) is 0.0597. The highest BCUT2D eigenvalue weighted by molar-refractivity contribution is 6.35. The minimum absolute atomic E-state index is 0.0597. The number of anilines is 1. The molecule has 0 atom stereocenters. The summed E-state index contributed by atoms with van der Waals surface area (Å²) in [7, 11) is 0. The standard InChI is InChI=1S/C12H19N5O2/c1-9(2)17-6-4-15(11(18)12(17)19)3-5-16-8-10(13)7-14-16/h7-9H,3-6,13H2,1-2H3. The summed E-state index contributed by atoms with van der Waals surface area (Å²) in [5.74, 6) is -0.846. The molecule has 0 saturated carbocycles. The zero-order valence-electron chi connectivity index (χ0n) is 11.2. The predicted molar refractivity (Wildman–Crippen MR) is 70.1 cm³/mol. The largest absolute Gasteiger partial charge is 0.396 e. The maximum absolute atomic E-state index is 11.9. The number of carbonyl (C=O) groups is 2. The summed E-state index contributed by atoms with van der Waals surface area (Å²) < 4.78 is 1.67. The van der Waals surface area contributed by atoms with E-state index in [4.69, 9.17) is 5.73 Å². The van der Waals surface area contributed by atoms with Gasteiger partial charge in [0, 0.05) is 31.9 Å². The van der Waals surface area contributed by atoms with Gasteiger partial charge in [0.25, 0.3) is 0 Å². The zero-order chi connectivity index (χ0) is 14.0. The second-order valence-electron chi connectivity index (χ2n) is 4.92. The topological polar surface area (TPSA) is 84.5 Å². The van der Waals surface area contributed by atoms with Gasteiger partial charge >= 0.3 is 11.8 Å². The van der Waals surface area contributed by atoms with Gasteiger partial charge in [-0.3, -0.25) is 14.3 Å². The van der Waals surface area contributed by atoms with Crippen molar-refractivity contribution in [3.63, 3.8) is 0 Å². The summed E-state index contributed by atoms with van der Waals surface area (Å²) in [4.78, 5) is 27.0. The number of hydrogen-bond donors (Lipinski definition) is 1. The maximum atomic E-state index is 11.9. The Morgan fingerprint density at radius 3 is 2.58 bits per heavy atom. The molecule has 0 spiro atoms. The minimum atomic E-state index is -0.430. The molecule has 2 heterocycles. The number of nitrogens with zero attached hydrogens (tertiary/aromatic N) is 4. The van der Waals surface area contributed by atoms with Crippen molar-refractivity contribution >= 4 is 17.5 Å². The van der Waals surface area contributed by atoms with Crippen molar-refractivity contribution in [1.82, 2.24) is 19.6 Å². The average molecular weight is 265 g/mol. The SMILES string of the molecule is CC(C)N1CCN(CCn2cc(N)cn2)C(=O)C1=O. The number of hydrogen-bond acceptors (Lipinski definition) is 4. The molecule has 1 fully saturated rings. The second-order valence-corrected chi connectivity index (χ2v) is 4.92. The molecule has 0 bridgehead atoms. The fraction of sp³-hybridized carbons (Fsp3) is 0.583. The quantitative estimate of drug-likeness (QED) is 0.747. The molecule has 1 aliphatic heterocycles. The molecule has 0 unspecified atom stereocenters. The van der Waals surface area contributed by atoms with Crippen LogP contribution in [0.25, 0.3) is 0 Å². The Labute approximate surface area is 111 Å². The van der Waals surface area contributed by atoms with Crippen LogP contribution in [-0.2, 0) is 16.1 Å². The fourth-order valence-electron chi connectivity index (χ4n) is 2.12. The predicted octanol–water partition coefficient (Wildman–Crippen LogP) is -0.455. The Morgan fingerprint density at radius 2 is 2.00 bits per heavy atom. The van der Waals surface area contributed by atoms with E-state index in [9.17, 15) is 9.59 Å². The van der Waals surface area contributed by atoms with E-state index in [-0.39, 0.29) is 6.04 Å². The average Bonchev–Trinajstić information content (AvgIpc) is 2.76. The number of piperazine rings is 1.